The molecule has 13 heteroatoms. The Morgan fingerprint density at radius 1 is 0.818 bits per heavy atom. The third kappa shape index (κ3) is 10.1. The number of esters is 1. The van der Waals surface area contributed by atoms with E-state index in [1.165, 1.54) is 50.5 Å². The zero-order valence-electron chi connectivity index (χ0n) is 31.2. The predicted octanol–water partition coefficient (Wildman–Crippen LogP) is 8.45. The van der Waals surface area contributed by atoms with Gasteiger partial charge in [-0.1, -0.05) is 54.1 Å². The van der Waals surface area contributed by atoms with Crippen molar-refractivity contribution >= 4 is 63.6 Å². The van der Waals surface area contributed by atoms with E-state index in [9.17, 15) is 19.2 Å². The van der Waals surface area contributed by atoms with E-state index in [-0.39, 0.29) is 18.2 Å². The van der Waals surface area contributed by atoms with Gasteiger partial charge in [0.05, 0.1) is 33.2 Å². The number of nitrogens with one attached hydrogen (secondary N) is 3. The molecular formula is C42H41N3O8S2. The minimum absolute atomic E-state index is 0.0662. The van der Waals surface area contributed by atoms with Crippen molar-refractivity contribution in [1.82, 2.24) is 5.32 Å². The summed E-state index contributed by atoms with van der Waals surface area (Å²) in [5, 5.41) is 10.2. The van der Waals surface area contributed by atoms with Gasteiger partial charge < -0.3 is 34.9 Å². The highest BCUT2D eigenvalue weighted by atomic mass is 32.2. The monoisotopic (exact) mass is 779 g/mol. The zero-order valence-corrected chi connectivity index (χ0v) is 32.8. The first-order valence-corrected chi connectivity index (χ1v) is 18.9. The van der Waals surface area contributed by atoms with Crippen LogP contribution in [0, 0.1) is 6.92 Å². The average molecular weight is 780 g/mol. The van der Waals surface area contributed by atoms with Gasteiger partial charge in [0.1, 0.15) is 22.0 Å². The number of thiophene rings is 1. The molecule has 284 valence electrons. The number of carbonyl (C=O) groups is 4. The van der Waals surface area contributed by atoms with Crippen molar-refractivity contribution in [2.45, 2.75) is 30.9 Å². The molecule has 0 spiro atoms. The molecule has 1 unspecified atom stereocenters. The lowest BCUT2D eigenvalue weighted by atomic mass is 10.0. The number of thioether (sulfide) groups is 1. The van der Waals surface area contributed by atoms with Gasteiger partial charge in [-0.15, -0.1) is 23.1 Å². The van der Waals surface area contributed by atoms with Gasteiger partial charge in [0, 0.05) is 38.7 Å². The van der Waals surface area contributed by atoms with Gasteiger partial charge >= 0.3 is 5.97 Å². The van der Waals surface area contributed by atoms with Gasteiger partial charge in [-0.05, 0) is 68.8 Å². The topological polar surface area (TPSA) is 141 Å². The molecule has 0 saturated carbocycles. The summed E-state index contributed by atoms with van der Waals surface area (Å²) in [5.41, 5.74) is 4.07. The number of amides is 3. The van der Waals surface area contributed by atoms with Crippen molar-refractivity contribution in [1.29, 1.82) is 0 Å². The van der Waals surface area contributed by atoms with Crippen molar-refractivity contribution in [2.24, 2.45) is 0 Å². The second-order valence-electron chi connectivity index (χ2n) is 12.0. The first-order valence-electron chi connectivity index (χ1n) is 17.2. The van der Waals surface area contributed by atoms with Crippen LogP contribution in [0.2, 0.25) is 0 Å². The number of ether oxygens (including phenoxy) is 4. The Morgan fingerprint density at radius 2 is 1.51 bits per heavy atom. The molecule has 55 heavy (non-hydrogen) atoms. The number of hydrogen-bond acceptors (Lipinski definition) is 10. The van der Waals surface area contributed by atoms with Gasteiger partial charge in [-0.25, -0.2) is 4.79 Å². The molecule has 3 N–H and O–H groups in total. The van der Waals surface area contributed by atoms with Crippen LogP contribution in [0.15, 0.2) is 107 Å². The Balaban J connectivity index is 1.36. The third-order valence-corrected chi connectivity index (χ3v) is 10.2. The quantitative estimate of drug-likeness (QED) is 0.0542. The average Bonchev–Trinajstić information content (AvgIpc) is 3.61. The Morgan fingerprint density at radius 3 is 2.18 bits per heavy atom. The van der Waals surface area contributed by atoms with E-state index in [0.717, 1.165) is 11.1 Å². The molecule has 1 aromatic heterocycles. The molecule has 0 radical (unpaired) electrons. The SMILES string of the molecule is CCOC(=O)c1c(-c2ccc(C)cc2)csc1NC(=O)C(C)Sc1cccc(NC(=O)/C(=C\c2cc(OC)c(OC)cc2OC)NC(=O)c2ccccc2)c1. The smallest absolute Gasteiger partial charge is 0.341 e. The molecule has 5 aromatic rings. The van der Waals surface area contributed by atoms with Crippen LogP contribution in [-0.2, 0) is 14.3 Å². The number of rotatable bonds is 15. The highest BCUT2D eigenvalue weighted by Crippen LogP contribution is 2.38. The molecule has 0 aliphatic rings. The maximum Gasteiger partial charge on any atom is 0.341 e. The van der Waals surface area contributed by atoms with Crippen molar-refractivity contribution in [2.75, 3.05) is 38.6 Å². The minimum Gasteiger partial charge on any atom is -0.496 e. The fraction of sp³-hybridized carbons (Fsp3) is 0.190. The summed E-state index contributed by atoms with van der Waals surface area (Å²) in [5.74, 6) is -0.734. The first-order chi connectivity index (χ1) is 26.5. The lowest BCUT2D eigenvalue weighted by molar-refractivity contribution is -0.115. The second kappa shape index (κ2) is 18.8. The van der Waals surface area contributed by atoms with Crippen LogP contribution >= 0.6 is 23.1 Å². The van der Waals surface area contributed by atoms with Gasteiger partial charge in [-0.3, -0.25) is 14.4 Å². The summed E-state index contributed by atoms with van der Waals surface area (Å²) in [4.78, 5) is 54.4. The van der Waals surface area contributed by atoms with E-state index < -0.39 is 23.0 Å². The summed E-state index contributed by atoms with van der Waals surface area (Å²) in [7, 11) is 4.47. The number of hydrogen-bond donors (Lipinski definition) is 3. The molecule has 3 amide bonds. The zero-order chi connectivity index (χ0) is 39.5. The fourth-order valence-corrected chi connectivity index (χ4v) is 7.27. The van der Waals surface area contributed by atoms with Crippen molar-refractivity contribution in [3.8, 4) is 28.4 Å². The van der Waals surface area contributed by atoms with Gasteiger partial charge in [-0.2, -0.15) is 0 Å². The molecule has 0 aliphatic carbocycles. The van der Waals surface area contributed by atoms with Gasteiger partial charge in [0.2, 0.25) is 5.91 Å². The van der Waals surface area contributed by atoms with Crippen molar-refractivity contribution in [3.63, 3.8) is 0 Å². The summed E-state index contributed by atoms with van der Waals surface area (Å²) in [6, 6.07) is 26.5. The van der Waals surface area contributed by atoms with E-state index in [0.29, 0.717) is 55.1 Å². The second-order valence-corrected chi connectivity index (χ2v) is 14.3. The molecule has 1 atom stereocenters. The number of aryl methyl sites for hydroxylation is 1. The molecule has 11 nitrogen and oxygen atoms in total. The highest BCUT2D eigenvalue weighted by Gasteiger charge is 2.25. The molecule has 0 fully saturated rings. The normalized spacial score (nSPS) is 11.6. The number of carbonyl (C=O) groups excluding carboxylic acids is 4. The molecular weight excluding hydrogens is 739 g/mol. The summed E-state index contributed by atoms with van der Waals surface area (Å²) in [6.45, 7) is 5.66. The summed E-state index contributed by atoms with van der Waals surface area (Å²) < 4.78 is 21.8. The molecule has 4 aromatic carbocycles. The van der Waals surface area contributed by atoms with E-state index in [2.05, 4.69) is 16.0 Å². The summed E-state index contributed by atoms with van der Waals surface area (Å²) in [6.07, 6.45) is 1.49. The molecule has 5 rings (SSSR count). The molecule has 0 saturated heterocycles. The molecule has 0 bridgehead atoms. The predicted molar refractivity (Wildman–Crippen MR) is 217 cm³/mol. The maximum absolute atomic E-state index is 13.9. The fourth-order valence-electron chi connectivity index (χ4n) is 5.38. The van der Waals surface area contributed by atoms with Crippen molar-refractivity contribution < 1.29 is 38.1 Å². The Bertz CT molecular complexity index is 2200. The van der Waals surface area contributed by atoms with E-state index in [1.54, 1.807) is 74.5 Å². The van der Waals surface area contributed by atoms with Gasteiger partial charge in [0.25, 0.3) is 11.8 Å². The molecule has 0 aliphatic heterocycles. The van der Waals surface area contributed by atoms with E-state index in [1.807, 2.05) is 42.6 Å². The van der Waals surface area contributed by atoms with Crippen LogP contribution in [0.4, 0.5) is 10.7 Å². The van der Waals surface area contributed by atoms with Gasteiger partial charge in [0.15, 0.2) is 11.5 Å². The van der Waals surface area contributed by atoms with Crippen LogP contribution in [-0.4, -0.2) is 56.9 Å². The lowest BCUT2D eigenvalue weighted by Gasteiger charge is -2.15. The first kappa shape index (κ1) is 40.1. The Labute approximate surface area is 328 Å². The summed E-state index contributed by atoms with van der Waals surface area (Å²) >= 11 is 2.53. The number of benzene rings is 4. The maximum atomic E-state index is 13.9. The van der Waals surface area contributed by atoms with Crippen LogP contribution < -0.4 is 30.2 Å². The Hall–Kier alpha value is -6.05. The van der Waals surface area contributed by atoms with Crippen LogP contribution in [0.3, 0.4) is 0 Å². The highest BCUT2D eigenvalue weighted by molar-refractivity contribution is 8.00. The Kier molecular flexibility index (Phi) is 13.7. The lowest BCUT2D eigenvalue weighted by Crippen LogP contribution is -2.30. The molecule has 1 heterocycles. The van der Waals surface area contributed by atoms with E-state index in [4.69, 9.17) is 18.9 Å². The van der Waals surface area contributed by atoms with Crippen LogP contribution in [0.5, 0.6) is 17.2 Å². The van der Waals surface area contributed by atoms with Crippen LogP contribution in [0.1, 0.15) is 45.7 Å². The number of methoxy groups -OCH3 is 3. The third-order valence-electron chi connectivity index (χ3n) is 8.21. The van der Waals surface area contributed by atoms with Crippen LogP contribution in [0.25, 0.3) is 17.2 Å². The van der Waals surface area contributed by atoms with E-state index >= 15 is 0 Å². The number of anilines is 2. The largest absolute Gasteiger partial charge is 0.496 e. The minimum atomic E-state index is -0.609. The van der Waals surface area contributed by atoms with Crippen molar-refractivity contribution in [3.05, 3.63) is 124 Å². The standard InChI is InChI=1S/C42H41N3O8S2/c1-7-53-42(49)37-32(27-18-16-25(2)17-19-27)24-54-41(37)45-38(46)26(3)55-31-15-11-14-30(22-31)43-40(48)33(44-39(47)28-12-9-8-10-13-28)20-29-21-35(51-5)36(52-6)23-34(29)50-4/h8-24,26H,7H2,1-6H3,(H,43,48)(H,44,47)(H,45,46)/b33-20+.